The molecule has 1 aliphatic heterocycles. The number of nitrogens with one attached hydrogen (secondary N) is 1. The second-order valence-corrected chi connectivity index (χ2v) is 6.19. The number of carbonyl (C=O) groups excluding carboxylic acids is 1. The van der Waals surface area contributed by atoms with E-state index in [1.807, 2.05) is 12.1 Å². The highest BCUT2D eigenvalue weighted by atomic mass is 16.5. The van der Waals surface area contributed by atoms with Crippen molar-refractivity contribution < 1.29 is 9.53 Å². The van der Waals surface area contributed by atoms with E-state index in [0.29, 0.717) is 6.54 Å². The molecular formula is C20H25N3O2. The Kier molecular flexibility index (Phi) is 5.77. The summed E-state index contributed by atoms with van der Waals surface area (Å²) in [5.74, 6) is 0.893. The van der Waals surface area contributed by atoms with Crippen molar-refractivity contribution in [2.24, 2.45) is 0 Å². The van der Waals surface area contributed by atoms with Crippen molar-refractivity contribution >= 4 is 17.8 Å². The van der Waals surface area contributed by atoms with Gasteiger partial charge >= 0.3 is 0 Å². The standard InChI is InChI=1S/C20H25N3O2/c1-25-20-9-7-19(8-10-20)23-12-2-11-22(13-14-23)18-5-3-17(4-6-18)15-21-16-24/h3-10,16H,2,11-15H2,1H3,(H,21,24). The molecule has 0 atom stereocenters. The van der Waals surface area contributed by atoms with Crippen molar-refractivity contribution in [2.75, 3.05) is 43.1 Å². The molecule has 1 N–H and O–H groups in total. The van der Waals surface area contributed by atoms with E-state index in [1.165, 1.54) is 11.4 Å². The molecule has 5 heteroatoms. The summed E-state index contributed by atoms with van der Waals surface area (Å²) in [7, 11) is 1.69. The average Bonchev–Trinajstić information content (AvgIpc) is 2.93. The van der Waals surface area contributed by atoms with Crippen molar-refractivity contribution in [3.05, 3.63) is 54.1 Å². The average molecular weight is 339 g/mol. The number of methoxy groups -OCH3 is 1. The Morgan fingerprint density at radius 3 is 2.00 bits per heavy atom. The normalized spacial score (nSPS) is 14.8. The molecular weight excluding hydrogens is 314 g/mol. The molecule has 25 heavy (non-hydrogen) atoms. The van der Waals surface area contributed by atoms with Gasteiger partial charge in [-0.3, -0.25) is 4.79 Å². The summed E-state index contributed by atoms with van der Waals surface area (Å²) in [4.78, 5) is 15.2. The summed E-state index contributed by atoms with van der Waals surface area (Å²) in [6.45, 7) is 4.69. The molecule has 1 heterocycles. The van der Waals surface area contributed by atoms with Crippen molar-refractivity contribution in [2.45, 2.75) is 13.0 Å². The summed E-state index contributed by atoms with van der Waals surface area (Å²) in [6, 6.07) is 16.7. The van der Waals surface area contributed by atoms with Gasteiger partial charge in [-0.15, -0.1) is 0 Å². The Morgan fingerprint density at radius 1 is 0.920 bits per heavy atom. The Labute approximate surface area is 149 Å². The van der Waals surface area contributed by atoms with Gasteiger partial charge < -0.3 is 19.9 Å². The molecule has 2 aromatic carbocycles. The van der Waals surface area contributed by atoms with Gasteiger partial charge in [0.05, 0.1) is 7.11 Å². The maximum atomic E-state index is 10.4. The summed E-state index contributed by atoms with van der Waals surface area (Å²) in [5.41, 5.74) is 3.61. The number of ether oxygens (including phenoxy) is 1. The molecule has 1 fully saturated rings. The molecule has 0 saturated carbocycles. The largest absolute Gasteiger partial charge is 0.497 e. The molecule has 2 aromatic rings. The van der Waals surface area contributed by atoms with Crippen LogP contribution in [-0.2, 0) is 11.3 Å². The first-order valence-corrected chi connectivity index (χ1v) is 8.70. The van der Waals surface area contributed by atoms with Crippen LogP contribution in [0.4, 0.5) is 11.4 Å². The maximum absolute atomic E-state index is 10.4. The van der Waals surface area contributed by atoms with E-state index >= 15 is 0 Å². The van der Waals surface area contributed by atoms with Crippen LogP contribution in [0.15, 0.2) is 48.5 Å². The first-order chi connectivity index (χ1) is 12.3. The van der Waals surface area contributed by atoms with E-state index in [2.05, 4.69) is 51.5 Å². The second kappa shape index (κ2) is 8.42. The van der Waals surface area contributed by atoms with Gasteiger partial charge in [0, 0.05) is 44.1 Å². The molecule has 0 radical (unpaired) electrons. The monoisotopic (exact) mass is 339 g/mol. The van der Waals surface area contributed by atoms with Crippen LogP contribution in [0.1, 0.15) is 12.0 Å². The number of nitrogens with zero attached hydrogens (tertiary/aromatic N) is 2. The summed E-state index contributed by atoms with van der Waals surface area (Å²) in [6.07, 6.45) is 1.86. The zero-order chi connectivity index (χ0) is 17.5. The third-order valence-corrected chi connectivity index (χ3v) is 4.62. The lowest BCUT2D eigenvalue weighted by molar-refractivity contribution is -0.109. The van der Waals surface area contributed by atoms with E-state index in [-0.39, 0.29) is 0 Å². The fourth-order valence-corrected chi connectivity index (χ4v) is 3.21. The summed E-state index contributed by atoms with van der Waals surface area (Å²) >= 11 is 0. The van der Waals surface area contributed by atoms with E-state index in [9.17, 15) is 4.79 Å². The lowest BCUT2D eigenvalue weighted by Crippen LogP contribution is -2.30. The molecule has 1 aliphatic rings. The van der Waals surface area contributed by atoms with Gasteiger partial charge in [-0.05, 0) is 48.4 Å². The van der Waals surface area contributed by atoms with Gasteiger partial charge in [-0.25, -0.2) is 0 Å². The third kappa shape index (κ3) is 4.44. The van der Waals surface area contributed by atoms with E-state index in [1.54, 1.807) is 7.11 Å². The maximum Gasteiger partial charge on any atom is 0.207 e. The fraction of sp³-hybridized carbons (Fsp3) is 0.350. The Bertz CT molecular complexity index is 670. The van der Waals surface area contributed by atoms with E-state index < -0.39 is 0 Å². The first kappa shape index (κ1) is 17.1. The van der Waals surface area contributed by atoms with Crippen molar-refractivity contribution in [1.29, 1.82) is 0 Å². The molecule has 0 unspecified atom stereocenters. The molecule has 0 spiro atoms. The minimum Gasteiger partial charge on any atom is -0.497 e. The van der Waals surface area contributed by atoms with Crippen LogP contribution >= 0.6 is 0 Å². The smallest absolute Gasteiger partial charge is 0.207 e. The van der Waals surface area contributed by atoms with Crippen LogP contribution in [0, 0.1) is 0 Å². The van der Waals surface area contributed by atoms with E-state index in [0.717, 1.165) is 50.3 Å². The van der Waals surface area contributed by atoms with Crippen LogP contribution in [0.5, 0.6) is 5.75 Å². The van der Waals surface area contributed by atoms with E-state index in [4.69, 9.17) is 4.74 Å². The van der Waals surface area contributed by atoms with Gasteiger partial charge in [0.25, 0.3) is 0 Å². The zero-order valence-corrected chi connectivity index (χ0v) is 14.6. The highest BCUT2D eigenvalue weighted by molar-refractivity contribution is 5.52. The highest BCUT2D eigenvalue weighted by Crippen LogP contribution is 2.22. The summed E-state index contributed by atoms with van der Waals surface area (Å²) < 4.78 is 5.24. The van der Waals surface area contributed by atoms with Crippen LogP contribution in [-0.4, -0.2) is 39.7 Å². The van der Waals surface area contributed by atoms with Crippen molar-refractivity contribution in [1.82, 2.24) is 5.32 Å². The van der Waals surface area contributed by atoms with Crippen LogP contribution < -0.4 is 19.9 Å². The molecule has 3 rings (SSSR count). The topological polar surface area (TPSA) is 44.8 Å². The highest BCUT2D eigenvalue weighted by Gasteiger charge is 2.15. The quantitative estimate of drug-likeness (QED) is 0.822. The van der Waals surface area contributed by atoms with Crippen LogP contribution in [0.25, 0.3) is 0 Å². The number of benzene rings is 2. The van der Waals surface area contributed by atoms with Crippen molar-refractivity contribution in [3.63, 3.8) is 0 Å². The number of anilines is 2. The van der Waals surface area contributed by atoms with Gasteiger partial charge in [0.15, 0.2) is 0 Å². The lowest BCUT2D eigenvalue weighted by atomic mass is 10.2. The molecule has 1 saturated heterocycles. The Balaban J connectivity index is 1.61. The lowest BCUT2D eigenvalue weighted by Gasteiger charge is -2.25. The minimum atomic E-state index is 0.578. The van der Waals surface area contributed by atoms with Crippen LogP contribution in [0.2, 0.25) is 0 Å². The van der Waals surface area contributed by atoms with Gasteiger partial charge in [0.2, 0.25) is 6.41 Å². The number of hydrogen-bond donors (Lipinski definition) is 1. The van der Waals surface area contributed by atoms with Crippen LogP contribution in [0.3, 0.4) is 0 Å². The first-order valence-electron chi connectivity index (χ1n) is 8.70. The predicted octanol–water partition coefficient (Wildman–Crippen LogP) is 2.66. The fourth-order valence-electron chi connectivity index (χ4n) is 3.21. The summed E-state index contributed by atoms with van der Waals surface area (Å²) in [5, 5.41) is 2.70. The SMILES string of the molecule is COc1ccc(N2CCCN(c3ccc(CNC=O)cc3)CC2)cc1. The molecule has 5 nitrogen and oxygen atoms in total. The number of rotatable bonds is 6. The second-order valence-electron chi connectivity index (χ2n) is 6.19. The van der Waals surface area contributed by atoms with Gasteiger partial charge in [-0.2, -0.15) is 0 Å². The number of carbonyl (C=O) groups is 1. The minimum absolute atomic E-state index is 0.578. The number of hydrogen-bond acceptors (Lipinski definition) is 4. The molecule has 1 amide bonds. The molecule has 132 valence electrons. The van der Waals surface area contributed by atoms with Gasteiger partial charge in [-0.1, -0.05) is 12.1 Å². The third-order valence-electron chi connectivity index (χ3n) is 4.62. The van der Waals surface area contributed by atoms with Crippen molar-refractivity contribution in [3.8, 4) is 5.75 Å². The molecule has 0 aromatic heterocycles. The molecule has 0 aliphatic carbocycles. The Morgan fingerprint density at radius 2 is 1.48 bits per heavy atom. The molecule has 0 bridgehead atoms. The number of amides is 1. The predicted molar refractivity (Wildman–Crippen MR) is 101 cm³/mol. The Hall–Kier alpha value is -2.69. The van der Waals surface area contributed by atoms with Gasteiger partial charge in [0.1, 0.15) is 5.75 Å². The zero-order valence-electron chi connectivity index (χ0n) is 14.6.